The molecule has 136 valence electrons. The molecule has 1 aliphatic rings. The molecule has 0 atom stereocenters. The van der Waals surface area contributed by atoms with Gasteiger partial charge in [0.25, 0.3) is 10.0 Å². The Morgan fingerprint density at radius 2 is 1.88 bits per heavy atom. The standard InChI is InChI=1S/C18H18N2O5S/c1-11-4-6-14(10-15(11)18(22)23)26(24,25)20-8-2-3-12-9-13(17(19)21)5-7-16(12)20/h4-7,9-10H,2-3,8H2,1H3,(H2,19,21)(H,22,23). The van der Waals surface area contributed by atoms with Gasteiger partial charge < -0.3 is 10.8 Å². The van der Waals surface area contributed by atoms with E-state index in [-0.39, 0.29) is 17.0 Å². The number of benzene rings is 2. The van der Waals surface area contributed by atoms with Gasteiger partial charge in [0.05, 0.1) is 16.1 Å². The third-order valence-corrected chi connectivity index (χ3v) is 6.28. The van der Waals surface area contributed by atoms with Crippen LogP contribution in [0.15, 0.2) is 41.3 Å². The maximum absolute atomic E-state index is 13.1. The second-order valence-electron chi connectivity index (χ2n) is 6.17. The van der Waals surface area contributed by atoms with E-state index in [1.165, 1.54) is 28.6 Å². The van der Waals surface area contributed by atoms with Crippen molar-refractivity contribution in [2.45, 2.75) is 24.7 Å². The summed E-state index contributed by atoms with van der Waals surface area (Å²) < 4.78 is 27.4. The molecular formula is C18H18N2O5S. The van der Waals surface area contributed by atoms with E-state index in [2.05, 4.69) is 0 Å². The highest BCUT2D eigenvalue weighted by molar-refractivity contribution is 7.92. The zero-order valence-electron chi connectivity index (χ0n) is 14.1. The molecule has 0 unspecified atom stereocenters. The summed E-state index contributed by atoms with van der Waals surface area (Å²) in [7, 11) is -3.93. The van der Waals surface area contributed by atoms with Gasteiger partial charge in [-0.1, -0.05) is 6.07 Å². The van der Waals surface area contributed by atoms with E-state index < -0.39 is 21.9 Å². The predicted octanol–water partition coefficient (Wildman–Crippen LogP) is 1.93. The highest BCUT2D eigenvalue weighted by atomic mass is 32.2. The molecule has 8 heteroatoms. The van der Waals surface area contributed by atoms with Crippen molar-refractivity contribution in [1.82, 2.24) is 0 Å². The highest BCUT2D eigenvalue weighted by Crippen LogP contribution is 2.33. The number of aryl methyl sites for hydroxylation is 2. The largest absolute Gasteiger partial charge is 0.478 e. The first-order chi connectivity index (χ1) is 12.2. The van der Waals surface area contributed by atoms with Crippen LogP contribution >= 0.6 is 0 Å². The number of primary amides is 1. The smallest absolute Gasteiger partial charge is 0.335 e. The van der Waals surface area contributed by atoms with Crippen LogP contribution in [0.1, 0.15) is 38.3 Å². The third-order valence-electron chi connectivity index (χ3n) is 4.47. The Balaban J connectivity index is 2.09. The van der Waals surface area contributed by atoms with Gasteiger partial charge in [0.1, 0.15) is 0 Å². The van der Waals surface area contributed by atoms with Gasteiger partial charge in [0.2, 0.25) is 5.91 Å². The van der Waals surface area contributed by atoms with Crippen LogP contribution in [0, 0.1) is 6.92 Å². The monoisotopic (exact) mass is 374 g/mol. The summed E-state index contributed by atoms with van der Waals surface area (Å²) in [6, 6.07) is 8.74. The quantitative estimate of drug-likeness (QED) is 0.848. The Morgan fingerprint density at radius 3 is 2.54 bits per heavy atom. The van der Waals surface area contributed by atoms with Crippen LogP contribution < -0.4 is 10.0 Å². The van der Waals surface area contributed by atoms with Gasteiger partial charge in [-0.25, -0.2) is 13.2 Å². The normalized spacial score (nSPS) is 14.0. The Kier molecular flexibility index (Phi) is 4.45. The summed E-state index contributed by atoms with van der Waals surface area (Å²) in [5.41, 5.74) is 7.26. The van der Waals surface area contributed by atoms with E-state index in [9.17, 15) is 23.1 Å². The summed E-state index contributed by atoms with van der Waals surface area (Å²) >= 11 is 0. The van der Waals surface area contributed by atoms with Crippen molar-refractivity contribution in [1.29, 1.82) is 0 Å². The molecule has 3 rings (SSSR count). The first kappa shape index (κ1) is 17.9. The SMILES string of the molecule is Cc1ccc(S(=O)(=O)N2CCCc3cc(C(N)=O)ccc32)cc1C(=O)O. The second-order valence-corrected chi connectivity index (χ2v) is 8.03. The number of nitrogens with zero attached hydrogens (tertiary/aromatic N) is 1. The third kappa shape index (κ3) is 3.03. The molecule has 0 saturated carbocycles. The molecule has 2 aromatic carbocycles. The Bertz CT molecular complexity index is 1010. The lowest BCUT2D eigenvalue weighted by atomic mass is 10.0. The molecule has 0 bridgehead atoms. The maximum Gasteiger partial charge on any atom is 0.335 e. The first-order valence-electron chi connectivity index (χ1n) is 8.01. The van der Waals surface area contributed by atoms with Gasteiger partial charge in [-0.3, -0.25) is 9.10 Å². The van der Waals surface area contributed by atoms with Crippen LogP contribution in [-0.4, -0.2) is 31.9 Å². The van der Waals surface area contributed by atoms with Crippen molar-refractivity contribution in [2.75, 3.05) is 10.8 Å². The van der Waals surface area contributed by atoms with Crippen LogP contribution in [0.5, 0.6) is 0 Å². The lowest BCUT2D eigenvalue weighted by Gasteiger charge is -2.30. The van der Waals surface area contributed by atoms with Crippen molar-refractivity contribution in [3.63, 3.8) is 0 Å². The van der Waals surface area contributed by atoms with E-state index in [1.807, 2.05) is 0 Å². The van der Waals surface area contributed by atoms with Crippen LogP contribution in [-0.2, 0) is 16.4 Å². The number of carboxylic acid groups (broad SMARTS) is 1. The number of rotatable bonds is 4. The lowest BCUT2D eigenvalue weighted by Crippen LogP contribution is -2.35. The fourth-order valence-electron chi connectivity index (χ4n) is 3.08. The molecule has 26 heavy (non-hydrogen) atoms. The molecule has 0 aromatic heterocycles. The number of aromatic carboxylic acids is 1. The van der Waals surface area contributed by atoms with Crippen molar-refractivity contribution in [2.24, 2.45) is 5.73 Å². The summed E-state index contributed by atoms with van der Waals surface area (Å²) in [4.78, 5) is 22.6. The fraction of sp³-hybridized carbons (Fsp3) is 0.222. The number of hydrogen-bond donors (Lipinski definition) is 2. The summed E-state index contributed by atoms with van der Waals surface area (Å²) in [5, 5.41) is 9.25. The van der Waals surface area contributed by atoms with Gasteiger partial charge in [0, 0.05) is 12.1 Å². The van der Waals surface area contributed by atoms with Gasteiger partial charge in [-0.2, -0.15) is 0 Å². The van der Waals surface area contributed by atoms with Crippen LogP contribution in [0.3, 0.4) is 0 Å². The van der Waals surface area contributed by atoms with Crippen molar-refractivity contribution in [3.05, 3.63) is 58.7 Å². The van der Waals surface area contributed by atoms with E-state index in [0.29, 0.717) is 29.7 Å². The number of fused-ring (bicyclic) bond motifs is 1. The van der Waals surface area contributed by atoms with Gasteiger partial charge in [-0.15, -0.1) is 0 Å². The summed E-state index contributed by atoms with van der Waals surface area (Å²) in [6.45, 7) is 1.89. The maximum atomic E-state index is 13.1. The summed E-state index contributed by atoms with van der Waals surface area (Å²) in [6.07, 6.45) is 1.23. The number of carbonyl (C=O) groups excluding carboxylic acids is 1. The average Bonchev–Trinajstić information content (AvgIpc) is 2.60. The number of carbonyl (C=O) groups is 2. The van der Waals surface area contributed by atoms with Gasteiger partial charge >= 0.3 is 5.97 Å². The minimum absolute atomic E-state index is 0.0487. The number of nitrogens with two attached hydrogens (primary N) is 1. The molecule has 0 radical (unpaired) electrons. The zero-order valence-corrected chi connectivity index (χ0v) is 14.9. The predicted molar refractivity (Wildman–Crippen MR) is 96.0 cm³/mol. The molecule has 1 heterocycles. The van der Waals surface area contributed by atoms with Crippen molar-refractivity contribution in [3.8, 4) is 0 Å². The summed E-state index contributed by atoms with van der Waals surface area (Å²) in [5.74, 6) is -1.75. The Labute approximate surface area is 151 Å². The van der Waals surface area contributed by atoms with Crippen LogP contribution in [0.25, 0.3) is 0 Å². The first-order valence-corrected chi connectivity index (χ1v) is 9.45. The van der Waals surface area contributed by atoms with E-state index in [1.54, 1.807) is 19.1 Å². The second kappa shape index (κ2) is 6.45. The Hall–Kier alpha value is -2.87. The molecule has 2 aromatic rings. The number of amides is 1. The molecule has 0 saturated heterocycles. The Morgan fingerprint density at radius 1 is 1.15 bits per heavy atom. The highest BCUT2D eigenvalue weighted by Gasteiger charge is 2.30. The number of hydrogen-bond acceptors (Lipinski definition) is 4. The lowest BCUT2D eigenvalue weighted by molar-refractivity contribution is 0.0695. The molecule has 0 fully saturated rings. The molecule has 1 amide bonds. The van der Waals surface area contributed by atoms with E-state index in [4.69, 9.17) is 5.73 Å². The number of anilines is 1. The van der Waals surface area contributed by atoms with Crippen molar-refractivity contribution < 1.29 is 23.1 Å². The molecular weight excluding hydrogens is 356 g/mol. The average molecular weight is 374 g/mol. The minimum atomic E-state index is -3.93. The number of carboxylic acids is 1. The molecule has 7 nitrogen and oxygen atoms in total. The van der Waals surface area contributed by atoms with E-state index in [0.717, 1.165) is 5.56 Å². The molecule has 0 spiro atoms. The zero-order chi connectivity index (χ0) is 19.1. The van der Waals surface area contributed by atoms with Gasteiger partial charge in [-0.05, 0) is 61.2 Å². The van der Waals surface area contributed by atoms with Crippen LogP contribution in [0.4, 0.5) is 5.69 Å². The van der Waals surface area contributed by atoms with Crippen LogP contribution in [0.2, 0.25) is 0 Å². The minimum Gasteiger partial charge on any atom is -0.478 e. The fourth-order valence-corrected chi connectivity index (χ4v) is 4.65. The van der Waals surface area contributed by atoms with E-state index >= 15 is 0 Å². The molecule has 1 aliphatic heterocycles. The molecule has 3 N–H and O–H groups in total. The van der Waals surface area contributed by atoms with Gasteiger partial charge in [0.15, 0.2) is 0 Å². The van der Waals surface area contributed by atoms with Crippen molar-refractivity contribution >= 4 is 27.6 Å². The topological polar surface area (TPSA) is 118 Å². The molecule has 0 aliphatic carbocycles. The number of sulfonamides is 1.